The summed E-state index contributed by atoms with van der Waals surface area (Å²) in [7, 11) is 0. The number of hydrogen-bond acceptors (Lipinski definition) is 4. The van der Waals surface area contributed by atoms with Crippen molar-refractivity contribution in [2.24, 2.45) is 0 Å². The summed E-state index contributed by atoms with van der Waals surface area (Å²) < 4.78 is 13.0. The molecule has 29 heavy (non-hydrogen) atoms. The normalized spacial score (nSPS) is 13.9. The van der Waals surface area contributed by atoms with Crippen LogP contribution in [-0.4, -0.2) is 29.2 Å². The van der Waals surface area contributed by atoms with Crippen LogP contribution in [0.4, 0.5) is 15.9 Å². The third-order valence-electron chi connectivity index (χ3n) is 5.07. The first-order chi connectivity index (χ1) is 14.2. The van der Waals surface area contributed by atoms with E-state index in [4.69, 9.17) is 0 Å². The molecule has 2 aromatic carbocycles. The number of benzene rings is 2. The molecule has 1 N–H and O–H groups in total. The lowest BCUT2D eigenvalue weighted by atomic mass is 10.1. The van der Waals surface area contributed by atoms with Gasteiger partial charge >= 0.3 is 0 Å². The van der Waals surface area contributed by atoms with Crippen molar-refractivity contribution in [1.82, 2.24) is 10.2 Å². The van der Waals surface area contributed by atoms with Crippen LogP contribution in [0.25, 0.3) is 11.3 Å². The maximum absolute atomic E-state index is 13.0. The second-order valence-corrected chi connectivity index (χ2v) is 7.25. The zero-order valence-corrected chi connectivity index (χ0v) is 16.1. The molecule has 0 aliphatic carbocycles. The smallest absolute Gasteiger partial charge is 0.228 e. The SMILES string of the molecule is O=C(Cc1ccc(F)cc1)Nc1ccc(-c2ccc(N3CCCCC3)nn2)cc1. The molecule has 148 valence electrons. The van der Waals surface area contributed by atoms with Crippen LogP contribution < -0.4 is 10.2 Å². The van der Waals surface area contributed by atoms with Crippen LogP contribution in [0.1, 0.15) is 24.8 Å². The molecule has 1 aliphatic heterocycles. The van der Waals surface area contributed by atoms with Crippen molar-refractivity contribution in [3.63, 3.8) is 0 Å². The van der Waals surface area contributed by atoms with E-state index < -0.39 is 0 Å². The van der Waals surface area contributed by atoms with Gasteiger partial charge in [-0.1, -0.05) is 24.3 Å². The quantitative estimate of drug-likeness (QED) is 0.699. The molecule has 0 radical (unpaired) electrons. The van der Waals surface area contributed by atoms with Crippen LogP contribution in [0.5, 0.6) is 0 Å². The van der Waals surface area contributed by atoms with Crippen LogP contribution in [-0.2, 0) is 11.2 Å². The third-order valence-corrected chi connectivity index (χ3v) is 5.07. The fourth-order valence-electron chi connectivity index (χ4n) is 3.49. The van der Waals surface area contributed by atoms with Gasteiger partial charge in [-0.15, -0.1) is 10.2 Å². The number of piperidine rings is 1. The predicted molar refractivity (Wildman–Crippen MR) is 112 cm³/mol. The third kappa shape index (κ3) is 4.96. The molecule has 6 heteroatoms. The van der Waals surface area contributed by atoms with Gasteiger partial charge in [0.2, 0.25) is 5.91 Å². The summed E-state index contributed by atoms with van der Waals surface area (Å²) in [5.74, 6) is 0.477. The molecule has 5 nitrogen and oxygen atoms in total. The van der Waals surface area contributed by atoms with Crippen molar-refractivity contribution in [3.05, 3.63) is 72.0 Å². The van der Waals surface area contributed by atoms with E-state index in [0.717, 1.165) is 35.7 Å². The lowest BCUT2D eigenvalue weighted by molar-refractivity contribution is -0.115. The summed E-state index contributed by atoms with van der Waals surface area (Å²) in [6.07, 6.45) is 3.90. The molecule has 3 aromatic rings. The van der Waals surface area contributed by atoms with Crippen LogP contribution in [0.2, 0.25) is 0 Å². The number of halogens is 1. The maximum atomic E-state index is 13.0. The zero-order valence-electron chi connectivity index (χ0n) is 16.1. The number of carbonyl (C=O) groups excluding carboxylic acids is 1. The monoisotopic (exact) mass is 390 g/mol. The van der Waals surface area contributed by atoms with E-state index in [-0.39, 0.29) is 18.1 Å². The van der Waals surface area contributed by atoms with Gasteiger partial charge < -0.3 is 10.2 Å². The standard InChI is InChI=1S/C23H23FN4O/c24-19-8-4-17(5-9-19)16-23(29)25-20-10-6-18(7-11-20)21-12-13-22(27-26-21)28-14-2-1-3-15-28/h4-13H,1-3,14-16H2,(H,25,29). The van der Waals surface area contributed by atoms with Crippen molar-refractivity contribution in [3.8, 4) is 11.3 Å². The second kappa shape index (κ2) is 8.82. The Morgan fingerprint density at radius 1 is 0.897 bits per heavy atom. The first-order valence-corrected chi connectivity index (χ1v) is 9.91. The van der Waals surface area contributed by atoms with Crippen molar-refractivity contribution >= 4 is 17.4 Å². The Hall–Kier alpha value is -3.28. The highest BCUT2D eigenvalue weighted by Crippen LogP contribution is 2.22. The van der Waals surface area contributed by atoms with E-state index in [1.54, 1.807) is 12.1 Å². The number of aromatic nitrogens is 2. The van der Waals surface area contributed by atoms with Gasteiger partial charge in [0, 0.05) is 24.3 Å². The second-order valence-electron chi connectivity index (χ2n) is 7.25. The molecular formula is C23H23FN4O. The van der Waals surface area contributed by atoms with Crippen LogP contribution in [0, 0.1) is 5.82 Å². The highest BCUT2D eigenvalue weighted by Gasteiger charge is 2.13. The predicted octanol–water partition coefficient (Wildman–Crippen LogP) is 4.45. The molecule has 0 spiro atoms. The van der Waals surface area contributed by atoms with Crippen molar-refractivity contribution in [1.29, 1.82) is 0 Å². The molecule has 1 aliphatic rings. The lowest BCUT2D eigenvalue weighted by Gasteiger charge is -2.27. The van der Waals surface area contributed by atoms with Gasteiger partial charge in [-0.2, -0.15) is 0 Å². The highest BCUT2D eigenvalue weighted by atomic mass is 19.1. The summed E-state index contributed by atoms with van der Waals surface area (Å²) >= 11 is 0. The number of nitrogens with one attached hydrogen (secondary N) is 1. The van der Waals surface area contributed by atoms with E-state index in [2.05, 4.69) is 20.4 Å². The number of nitrogens with zero attached hydrogens (tertiary/aromatic N) is 3. The first kappa shape index (κ1) is 19.1. The fourth-order valence-corrected chi connectivity index (χ4v) is 3.49. The van der Waals surface area contributed by atoms with Gasteiger partial charge in [-0.25, -0.2) is 4.39 Å². The Balaban J connectivity index is 1.37. The number of carbonyl (C=O) groups is 1. The molecule has 4 rings (SSSR count). The van der Waals surface area contributed by atoms with Crippen molar-refractivity contribution in [2.45, 2.75) is 25.7 Å². The molecule has 1 amide bonds. The van der Waals surface area contributed by atoms with Gasteiger partial charge in [-0.05, 0) is 61.2 Å². The molecule has 2 heterocycles. The largest absolute Gasteiger partial charge is 0.355 e. The summed E-state index contributed by atoms with van der Waals surface area (Å²) in [5, 5.41) is 11.6. The molecule has 0 bridgehead atoms. The van der Waals surface area contributed by atoms with Gasteiger partial charge in [0.15, 0.2) is 5.82 Å². The number of amides is 1. The molecule has 1 aromatic heterocycles. The van der Waals surface area contributed by atoms with Gasteiger partial charge in [0.1, 0.15) is 5.82 Å². The minimum Gasteiger partial charge on any atom is -0.355 e. The minimum atomic E-state index is -0.309. The van der Waals surface area contributed by atoms with Crippen molar-refractivity contribution < 1.29 is 9.18 Å². The van der Waals surface area contributed by atoms with Gasteiger partial charge in [0.25, 0.3) is 0 Å². The minimum absolute atomic E-state index is 0.143. The average molecular weight is 390 g/mol. The molecule has 0 saturated carbocycles. The summed E-state index contributed by atoms with van der Waals surface area (Å²) in [5.41, 5.74) is 3.22. The maximum Gasteiger partial charge on any atom is 0.228 e. The molecule has 1 saturated heterocycles. The molecular weight excluding hydrogens is 367 g/mol. The van der Waals surface area contributed by atoms with Crippen LogP contribution >= 0.6 is 0 Å². The van der Waals surface area contributed by atoms with Crippen LogP contribution in [0.15, 0.2) is 60.7 Å². The van der Waals surface area contributed by atoms with E-state index >= 15 is 0 Å². The van der Waals surface area contributed by atoms with Gasteiger partial charge in [-0.3, -0.25) is 4.79 Å². The fraction of sp³-hybridized carbons (Fsp3) is 0.261. The molecule has 1 fully saturated rings. The topological polar surface area (TPSA) is 58.1 Å². The first-order valence-electron chi connectivity index (χ1n) is 9.91. The Morgan fingerprint density at radius 2 is 1.62 bits per heavy atom. The lowest BCUT2D eigenvalue weighted by Crippen LogP contribution is -2.30. The summed E-state index contributed by atoms with van der Waals surface area (Å²) in [4.78, 5) is 14.5. The number of anilines is 2. The van der Waals surface area contributed by atoms with E-state index in [9.17, 15) is 9.18 Å². The molecule has 0 atom stereocenters. The van der Waals surface area contributed by atoms with Crippen LogP contribution in [0.3, 0.4) is 0 Å². The zero-order chi connectivity index (χ0) is 20.1. The molecule has 0 unspecified atom stereocenters. The Morgan fingerprint density at radius 3 is 2.28 bits per heavy atom. The average Bonchev–Trinajstić information content (AvgIpc) is 2.77. The van der Waals surface area contributed by atoms with Crippen molar-refractivity contribution in [2.75, 3.05) is 23.3 Å². The Bertz CT molecular complexity index is 950. The Labute approximate surface area is 169 Å². The number of hydrogen-bond donors (Lipinski definition) is 1. The highest BCUT2D eigenvalue weighted by molar-refractivity contribution is 5.92. The summed E-state index contributed by atoms with van der Waals surface area (Å²) in [6.45, 7) is 2.08. The number of rotatable bonds is 5. The Kier molecular flexibility index (Phi) is 5.79. The van der Waals surface area contributed by atoms with E-state index in [1.807, 2.05) is 36.4 Å². The van der Waals surface area contributed by atoms with Gasteiger partial charge in [0.05, 0.1) is 12.1 Å². The van der Waals surface area contributed by atoms with E-state index in [1.165, 1.54) is 31.4 Å². The summed E-state index contributed by atoms with van der Waals surface area (Å²) in [6, 6.07) is 17.5. The van der Waals surface area contributed by atoms with E-state index in [0.29, 0.717) is 5.69 Å².